The molecule has 2 aromatic rings. The molecule has 2 atom stereocenters. The number of nitrogens with zero attached hydrogens (tertiary/aromatic N) is 2. The van der Waals surface area contributed by atoms with Gasteiger partial charge in [-0.25, -0.2) is 4.79 Å². The molecule has 1 aromatic carbocycles. The molecule has 6 nitrogen and oxygen atoms in total. The monoisotopic (exact) mass is 366 g/mol. The molecule has 1 saturated heterocycles. The quantitative estimate of drug-likeness (QED) is 0.870. The standard InChI is InChI=1S/C18H26N4O2.ClH/c1-3-12(2)16(19)17(23)21-10-8-13(9-11-21)22-15-7-5-4-6-14(15)20-18(22)24;/h4-7,12-13,16H,3,8-11,19H2,1-2H3,(H,20,24);1H. The van der Waals surface area contributed by atoms with Crippen molar-refractivity contribution < 1.29 is 4.79 Å². The number of hydrogen-bond donors (Lipinski definition) is 2. The van der Waals surface area contributed by atoms with E-state index in [-0.39, 0.29) is 36.0 Å². The number of aromatic amines is 1. The van der Waals surface area contributed by atoms with E-state index in [1.807, 2.05) is 47.6 Å². The topological polar surface area (TPSA) is 84.1 Å². The number of imidazole rings is 1. The Labute approximate surface area is 153 Å². The normalized spacial score (nSPS) is 18.0. The van der Waals surface area contributed by atoms with Crippen LogP contribution in [0, 0.1) is 5.92 Å². The Balaban J connectivity index is 0.00000225. The van der Waals surface area contributed by atoms with Crippen molar-refractivity contribution >= 4 is 29.3 Å². The summed E-state index contributed by atoms with van der Waals surface area (Å²) in [5.41, 5.74) is 7.80. The van der Waals surface area contributed by atoms with Gasteiger partial charge in [0.15, 0.2) is 0 Å². The molecule has 2 unspecified atom stereocenters. The number of rotatable bonds is 4. The van der Waals surface area contributed by atoms with Crippen LogP contribution in [-0.2, 0) is 4.79 Å². The molecule has 0 radical (unpaired) electrons. The van der Waals surface area contributed by atoms with Crippen LogP contribution < -0.4 is 11.4 Å². The molecule has 3 rings (SSSR count). The van der Waals surface area contributed by atoms with Gasteiger partial charge in [-0.05, 0) is 30.9 Å². The van der Waals surface area contributed by atoms with E-state index in [0.29, 0.717) is 13.1 Å². The first kappa shape index (κ1) is 19.5. The van der Waals surface area contributed by atoms with E-state index in [1.165, 1.54) is 0 Å². The molecule has 1 amide bonds. The van der Waals surface area contributed by atoms with Gasteiger partial charge < -0.3 is 15.6 Å². The number of amides is 1. The molecule has 7 heteroatoms. The van der Waals surface area contributed by atoms with E-state index < -0.39 is 6.04 Å². The minimum Gasteiger partial charge on any atom is -0.341 e. The van der Waals surface area contributed by atoms with Crippen LogP contribution in [0.15, 0.2) is 29.1 Å². The zero-order valence-electron chi connectivity index (χ0n) is 14.8. The molecule has 1 aliphatic heterocycles. The highest BCUT2D eigenvalue weighted by molar-refractivity contribution is 5.85. The van der Waals surface area contributed by atoms with Crippen molar-refractivity contribution in [3.63, 3.8) is 0 Å². The van der Waals surface area contributed by atoms with E-state index in [9.17, 15) is 9.59 Å². The summed E-state index contributed by atoms with van der Waals surface area (Å²) in [5, 5.41) is 0. The SMILES string of the molecule is CCC(C)C(N)C(=O)N1CCC(n2c(=O)[nH]c3ccccc32)CC1.Cl. The maximum atomic E-state index is 12.5. The van der Waals surface area contributed by atoms with Crippen molar-refractivity contribution in [2.75, 3.05) is 13.1 Å². The number of piperidine rings is 1. The fourth-order valence-corrected chi connectivity index (χ4v) is 3.49. The molecular weight excluding hydrogens is 340 g/mol. The second-order valence-corrected chi connectivity index (χ2v) is 6.79. The molecular formula is C18H27ClN4O2. The average Bonchev–Trinajstić information content (AvgIpc) is 2.95. The molecule has 2 heterocycles. The van der Waals surface area contributed by atoms with Crippen LogP contribution >= 0.6 is 12.4 Å². The number of para-hydroxylation sites is 2. The Morgan fingerprint density at radius 1 is 1.32 bits per heavy atom. The molecule has 0 bridgehead atoms. The van der Waals surface area contributed by atoms with E-state index in [0.717, 1.165) is 30.3 Å². The Morgan fingerprint density at radius 2 is 1.96 bits per heavy atom. The molecule has 0 spiro atoms. The maximum absolute atomic E-state index is 12.5. The van der Waals surface area contributed by atoms with Gasteiger partial charge in [0, 0.05) is 19.1 Å². The largest absolute Gasteiger partial charge is 0.341 e. The summed E-state index contributed by atoms with van der Waals surface area (Å²) in [5.74, 6) is 0.223. The van der Waals surface area contributed by atoms with Crippen molar-refractivity contribution in [3.8, 4) is 0 Å². The molecule has 1 aliphatic rings. The van der Waals surface area contributed by atoms with Crippen molar-refractivity contribution in [3.05, 3.63) is 34.7 Å². The molecule has 1 fully saturated rings. The van der Waals surface area contributed by atoms with E-state index in [4.69, 9.17) is 5.73 Å². The third-order valence-corrected chi connectivity index (χ3v) is 5.31. The molecule has 0 saturated carbocycles. The third kappa shape index (κ3) is 3.75. The number of H-pyrrole nitrogens is 1. The maximum Gasteiger partial charge on any atom is 0.326 e. The van der Waals surface area contributed by atoms with Gasteiger partial charge >= 0.3 is 5.69 Å². The van der Waals surface area contributed by atoms with Crippen LogP contribution in [0.2, 0.25) is 0 Å². The highest BCUT2D eigenvalue weighted by Gasteiger charge is 2.30. The minimum absolute atomic E-state index is 0. The lowest BCUT2D eigenvalue weighted by Gasteiger charge is -2.35. The summed E-state index contributed by atoms with van der Waals surface area (Å²) >= 11 is 0. The number of carbonyl (C=O) groups excluding carboxylic acids is 1. The van der Waals surface area contributed by atoms with Gasteiger partial charge in [0.1, 0.15) is 0 Å². The van der Waals surface area contributed by atoms with Crippen molar-refractivity contribution in [2.45, 2.75) is 45.2 Å². The number of fused-ring (bicyclic) bond motifs is 1. The summed E-state index contributed by atoms with van der Waals surface area (Å²) in [6.45, 7) is 5.37. The zero-order chi connectivity index (χ0) is 17.3. The predicted molar refractivity (Wildman–Crippen MR) is 102 cm³/mol. The lowest BCUT2D eigenvalue weighted by Crippen LogP contribution is -2.50. The van der Waals surface area contributed by atoms with Gasteiger partial charge in [-0.15, -0.1) is 12.4 Å². The third-order valence-electron chi connectivity index (χ3n) is 5.31. The first-order valence-electron chi connectivity index (χ1n) is 8.76. The number of benzene rings is 1. The van der Waals surface area contributed by atoms with E-state index in [2.05, 4.69) is 4.98 Å². The Morgan fingerprint density at radius 3 is 2.60 bits per heavy atom. The average molecular weight is 367 g/mol. The van der Waals surface area contributed by atoms with Crippen LogP contribution in [0.25, 0.3) is 11.0 Å². The number of aromatic nitrogens is 2. The molecule has 25 heavy (non-hydrogen) atoms. The van der Waals surface area contributed by atoms with Gasteiger partial charge in [-0.2, -0.15) is 0 Å². The highest BCUT2D eigenvalue weighted by atomic mass is 35.5. The lowest BCUT2D eigenvalue weighted by molar-refractivity contribution is -0.135. The van der Waals surface area contributed by atoms with E-state index >= 15 is 0 Å². The molecule has 3 N–H and O–H groups in total. The van der Waals surface area contributed by atoms with Gasteiger partial charge in [0.05, 0.1) is 17.1 Å². The number of hydrogen-bond acceptors (Lipinski definition) is 3. The molecule has 138 valence electrons. The van der Waals surface area contributed by atoms with Crippen LogP contribution in [0.3, 0.4) is 0 Å². The summed E-state index contributed by atoms with van der Waals surface area (Å²) in [6, 6.07) is 7.43. The number of likely N-dealkylation sites (tertiary alicyclic amines) is 1. The van der Waals surface area contributed by atoms with Gasteiger partial charge in [0.25, 0.3) is 0 Å². The summed E-state index contributed by atoms with van der Waals surface area (Å²) in [7, 11) is 0. The van der Waals surface area contributed by atoms with Crippen molar-refractivity contribution in [1.29, 1.82) is 0 Å². The lowest BCUT2D eigenvalue weighted by atomic mass is 9.97. The number of carbonyl (C=O) groups is 1. The van der Waals surface area contributed by atoms with Crippen LogP contribution in [0.5, 0.6) is 0 Å². The van der Waals surface area contributed by atoms with Gasteiger partial charge in [-0.1, -0.05) is 32.4 Å². The van der Waals surface area contributed by atoms with Crippen LogP contribution in [0.4, 0.5) is 0 Å². The summed E-state index contributed by atoms with van der Waals surface area (Å²) < 4.78 is 1.84. The molecule has 1 aromatic heterocycles. The summed E-state index contributed by atoms with van der Waals surface area (Å²) in [4.78, 5) is 29.6. The predicted octanol–water partition coefficient (Wildman–Crippen LogP) is 2.29. The zero-order valence-corrected chi connectivity index (χ0v) is 15.6. The Bertz CT molecular complexity index is 777. The van der Waals surface area contributed by atoms with Gasteiger partial charge in [0.2, 0.25) is 5.91 Å². The first-order chi connectivity index (χ1) is 11.5. The fraction of sp³-hybridized carbons (Fsp3) is 0.556. The summed E-state index contributed by atoms with van der Waals surface area (Å²) in [6.07, 6.45) is 2.45. The molecule has 0 aliphatic carbocycles. The second kappa shape index (κ2) is 8.06. The Kier molecular flexibility index (Phi) is 6.30. The number of nitrogens with one attached hydrogen (secondary N) is 1. The van der Waals surface area contributed by atoms with E-state index in [1.54, 1.807) is 0 Å². The number of nitrogens with two attached hydrogens (primary N) is 1. The van der Waals surface area contributed by atoms with Crippen molar-refractivity contribution in [2.24, 2.45) is 11.7 Å². The minimum atomic E-state index is -0.428. The highest BCUT2D eigenvalue weighted by Crippen LogP contribution is 2.25. The fourth-order valence-electron chi connectivity index (χ4n) is 3.49. The first-order valence-corrected chi connectivity index (χ1v) is 8.76. The second-order valence-electron chi connectivity index (χ2n) is 6.79. The van der Waals surface area contributed by atoms with Gasteiger partial charge in [-0.3, -0.25) is 9.36 Å². The Hall–Kier alpha value is -1.79. The smallest absolute Gasteiger partial charge is 0.326 e. The number of halogens is 1. The van der Waals surface area contributed by atoms with Crippen molar-refractivity contribution in [1.82, 2.24) is 14.5 Å². The van der Waals surface area contributed by atoms with Crippen LogP contribution in [-0.4, -0.2) is 39.5 Å². The van der Waals surface area contributed by atoms with Crippen LogP contribution in [0.1, 0.15) is 39.2 Å².